The maximum atomic E-state index is 13.3. The van der Waals surface area contributed by atoms with E-state index < -0.39 is 0 Å². The Morgan fingerprint density at radius 1 is 1.18 bits per heavy atom. The highest BCUT2D eigenvalue weighted by molar-refractivity contribution is 5.76. The third kappa shape index (κ3) is 4.03. The highest BCUT2D eigenvalue weighted by Crippen LogP contribution is 2.27. The molecule has 1 aromatic heterocycles. The molecule has 2 aromatic carbocycles. The highest BCUT2D eigenvalue weighted by atomic mass is 19.1. The van der Waals surface area contributed by atoms with Crippen molar-refractivity contribution in [2.24, 2.45) is 11.7 Å². The Hall–Kier alpha value is -2.44. The van der Waals surface area contributed by atoms with Gasteiger partial charge in [-0.15, -0.1) is 0 Å². The lowest BCUT2D eigenvalue weighted by atomic mass is 9.96. The number of hydrogen-bond acceptors (Lipinski definition) is 4. The van der Waals surface area contributed by atoms with Gasteiger partial charge < -0.3 is 15.4 Å². The summed E-state index contributed by atoms with van der Waals surface area (Å²) in [6, 6.07) is 15.3. The topological polar surface area (TPSA) is 56.3 Å². The number of nitrogens with zero attached hydrogens (tertiary/aromatic N) is 3. The fourth-order valence-electron chi connectivity index (χ4n) is 3.98. The number of nitrogens with two attached hydrogens (primary N) is 1. The first-order valence-electron chi connectivity index (χ1n) is 9.93. The standard InChI is InChI=1S/C22H27FN4O/c1-16-14-26(13-11-24)12-10-21(16)28-22-25-19-4-2-3-5-20(19)27(22)15-17-6-8-18(23)9-7-17/h2-9,16,21H,10-15,24H2,1H3/t16-,21+/m1/s1. The van der Waals surface area contributed by atoms with Gasteiger partial charge in [-0.05, 0) is 36.2 Å². The average molecular weight is 382 g/mol. The van der Waals surface area contributed by atoms with Gasteiger partial charge in [-0.3, -0.25) is 4.57 Å². The van der Waals surface area contributed by atoms with E-state index in [2.05, 4.69) is 16.4 Å². The molecule has 0 unspecified atom stereocenters. The Bertz CT molecular complexity index is 924. The Morgan fingerprint density at radius 3 is 2.71 bits per heavy atom. The molecule has 1 aliphatic rings. The summed E-state index contributed by atoms with van der Waals surface area (Å²) in [5, 5.41) is 0. The number of piperidine rings is 1. The Labute approximate surface area is 164 Å². The third-order valence-electron chi connectivity index (χ3n) is 5.49. The lowest BCUT2D eigenvalue weighted by Gasteiger charge is -2.36. The van der Waals surface area contributed by atoms with Crippen molar-refractivity contribution in [3.05, 3.63) is 59.9 Å². The van der Waals surface area contributed by atoms with E-state index in [-0.39, 0.29) is 11.9 Å². The van der Waals surface area contributed by atoms with Gasteiger partial charge in [0.15, 0.2) is 0 Å². The highest BCUT2D eigenvalue weighted by Gasteiger charge is 2.28. The third-order valence-corrected chi connectivity index (χ3v) is 5.49. The second-order valence-corrected chi connectivity index (χ2v) is 7.61. The molecule has 2 atom stereocenters. The molecule has 28 heavy (non-hydrogen) atoms. The molecule has 6 heteroatoms. The van der Waals surface area contributed by atoms with Crippen molar-refractivity contribution in [1.82, 2.24) is 14.5 Å². The normalized spacial score (nSPS) is 20.5. The zero-order valence-corrected chi connectivity index (χ0v) is 16.2. The molecule has 2 N–H and O–H groups in total. The first-order valence-corrected chi connectivity index (χ1v) is 9.93. The van der Waals surface area contributed by atoms with Crippen molar-refractivity contribution >= 4 is 11.0 Å². The van der Waals surface area contributed by atoms with Crippen molar-refractivity contribution in [1.29, 1.82) is 0 Å². The van der Waals surface area contributed by atoms with Gasteiger partial charge in [0.05, 0.1) is 17.6 Å². The largest absolute Gasteiger partial charge is 0.461 e. The SMILES string of the molecule is C[C@@H]1CN(CCN)CC[C@@H]1Oc1nc2ccccc2n1Cc1ccc(F)cc1. The number of imidazole rings is 1. The predicted molar refractivity (Wildman–Crippen MR) is 109 cm³/mol. The summed E-state index contributed by atoms with van der Waals surface area (Å²) in [6.07, 6.45) is 1.08. The van der Waals surface area contributed by atoms with Crippen LogP contribution in [0.5, 0.6) is 6.01 Å². The van der Waals surface area contributed by atoms with E-state index in [9.17, 15) is 4.39 Å². The second-order valence-electron chi connectivity index (χ2n) is 7.61. The zero-order chi connectivity index (χ0) is 19.5. The molecular formula is C22H27FN4O. The molecular weight excluding hydrogens is 355 g/mol. The molecule has 3 aromatic rings. The summed E-state index contributed by atoms with van der Waals surface area (Å²) in [7, 11) is 0. The van der Waals surface area contributed by atoms with Crippen molar-refractivity contribution in [3.8, 4) is 6.01 Å². The Kier molecular flexibility index (Phi) is 5.59. The molecule has 4 rings (SSSR count). The van der Waals surface area contributed by atoms with E-state index in [0.29, 0.717) is 25.0 Å². The number of aromatic nitrogens is 2. The first-order chi connectivity index (χ1) is 13.6. The minimum absolute atomic E-state index is 0.123. The quantitative estimate of drug-likeness (QED) is 0.711. The Morgan fingerprint density at radius 2 is 1.96 bits per heavy atom. The van der Waals surface area contributed by atoms with Gasteiger partial charge in [-0.2, -0.15) is 4.98 Å². The lowest BCUT2D eigenvalue weighted by molar-refractivity contribution is 0.0454. The molecule has 1 aliphatic heterocycles. The number of para-hydroxylation sites is 2. The van der Waals surface area contributed by atoms with Gasteiger partial charge in [0.25, 0.3) is 6.01 Å². The van der Waals surface area contributed by atoms with Gasteiger partial charge in [0.1, 0.15) is 11.9 Å². The van der Waals surface area contributed by atoms with Crippen LogP contribution in [0, 0.1) is 11.7 Å². The molecule has 0 spiro atoms. The van der Waals surface area contributed by atoms with Gasteiger partial charge in [-0.1, -0.05) is 31.2 Å². The number of halogens is 1. The van der Waals surface area contributed by atoms with Crippen LogP contribution in [0.15, 0.2) is 48.5 Å². The molecule has 0 saturated carbocycles. The van der Waals surface area contributed by atoms with Crippen LogP contribution >= 0.6 is 0 Å². The van der Waals surface area contributed by atoms with Crippen LogP contribution in [-0.4, -0.2) is 46.7 Å². The maximum Gasteiger partial charge on any atom is 0.297 e. The number of fused-ring (bicyclic) bond motifs is 1. The minimum Gasteiger partial charge on any atom is -0.461 e. The summed E-state index contributed by atoms with van der Waals surface area (Å²) >= 11 is 0. The molecule has 0 bridgehead atoms. The minimum atomic E-state index is -0.228. The molecule has 1 saturated heterocycles. The van der Waals surface area contributed by atoms with Crippen molar-refractivity contribution in [2.45, 2.75) is 26.0 Å². The molecule has 1 fully saturated rings. The van der Waals surface area contributed by atoms with E-state index >= 15 is 0 Å². The summed E-state index contributed by atoms with van der Waals surface area (Å²) < 4.78 is 21.8. The zero-order valence-electron chi connectivity index (χ0n) is 16.2. The van der Waals surface area contributed by atoms with Gasteiger partial charge in [-0.25, -0.2) is 4.39 Å². The molecule has 2 heterocycles. The van der Waals surface area contributed by atoms with Gasteiger partial charge in [0.2, 0.25) is 0 Å². The fraction of sp³-hybridized carbons (Fsp3) is 0.409. The van der Waals surface area contributed by atoms with E-state index in [1.807, 2.05) is 36.4 Å². The van der Waals surface area contributed by atoms with E-state index in [0.717, 1.165) is 42.7 Å². The van der Waals surface area contributed by atoms with Crippen LogP contribution in [0.4, 0.5) is 4.39 Å². The number of rotatable bonds is 6. The van der Waals surface area contributed by atoms with E-state index in [1.165, 1.54) is 12.1 Å². The molecule has 0 radical (unpaired) electrons. The van der Waals surface area contributed by atoms with Crippen LogP contribution in [0.25, 0.3) is 11.0 Å². The smallest absolute Gasteiger partial charge is 0.297 e. The number of ether oxygens (including phenoxy) is 1. The average Bonchev–Trinajstić information content (AvgIpc) is 3.03. The predicted octanol–water partition coefficient (Wildman–Crippen LogP) is 3.27. The summed E-state index contributed by atoms with van der Waals surface area (Å²) in [6.45, 7) is 6.41. The molecule has 5 nitrogen and oxygen atoms in total. The van der Waals surface area contributed by atoms with Crippen molar-refractivity contribution < 1.29 is 9.13 Å². The van der Waals surface area contributed by atoms with Crippen molar-refractivity contribution in [2.75, 3.05) is 26.2 Å². The summed E-state index contributed by atoms with van der Waals surface area (Å²) in [4.78, 5) is 7.14. The fourth-order valence-corrected chi connectivity index (χ4v) is 3.98. The van der Waals surface area contributed by atoms with Gasteiger partial charge >= 0.3 is 0 Å². The van der Waals surface area contributed by atoms with E-state index in [1.54, 1.807) is 0 Å². The molecule has 0 aliphatic carbocycles. The van der Waals surface area contributed by atoms with Crippen molar-refractivity contribution in [3.63, 3.8) is 0 Å². The first kappa shape index (κ1) is 18.9. The summed E-state index contributed by atoms with van der Waals surface area (Å²) in [5.41, 5.74) is 8.65. The number of benzene rings is 2. The van der Waals surface area contributed by atoms with Crippen LogP contribution in [-0.2, 0) is 6.54 Å². The van der Waals surface area contributed by atoms with Crippen LogP contribution in [0.2, 0.25) is 0 Å². The van der Waals surface area contributed by atoms with Crippen LogP contribution in [0.3, 0.4) is 0 Å². The monoisotopic (exact) mass is 382 g/mol. The van der Waals surface area contributed by atoms with E-state index in [4.69, 9.17) is 15.5 Å². The number of likely N-dealkylation sites (tertiary alicyclic amines) is 1. The Balaban J connectivity index is 1.59. The summed E-state index contributed by atoms with van der Waals surface area (Å²) in [5.74, 6) is 0.174. The number of hydrogen-bond donors (Lipinski definition) is 1. The van der Waals surface area contributed by atoms with Crippen LogP contribution < -0.4 is 10.5 Å². The molecule has 0 amide bonds. The molecule has 148 valence electrons. The maximum absolute atomic E-state index is 13.3. The van der Waals surface area contributed by atoms with Crippen LogP contribution in [0.1, 0.15) is 18.9 Å². The lowest BCUT2D eigenvalue weighted by Crippen LogP contribution is -2.46. The van der Waals surface area contributed by atoms with Gasteiger partial charge in [0, 0.05) is 32.1 Å². The second kappa shape index (κ2) is 8.29.